The highest BCUT2D eigenvalue weighted by atomic mass is 32.1. The molecule has 1 atom stereocenters. The van der Waals surface area contributed by atoms with Crippen LogP contribution in [-0.4, -0.2) is 17.1 Å². The summed E-state index contributed by atoms with van der Waals surface area (Å²) < 4.78 is 37.9. The van der Waals surface area contributed by atoms with Crippen LogP contribution in [-0.2, 0) is 11.3 Å². The molecule has 0 unspecified atom stereocenters. The van der Waals surface area contributed by atoms with E-state index >= 15 is 0 Å². The molecule has 0 aliphatic rings. The highest BCUT2D eigenvalue weighted by molar-refractivity contribution is 7.18. The second-order valence-electron chi connectivity index (χ2n) is 4.06. The molecular formula is C12H11F3N2OS. The Labute approximate surface area is 111 Å². The number of thiazole rings is 1. The van der Waals surface area contributed by atoms with E-state index < -0.39 is 18.0 Å². The smallest absolute Gasteiger partial charge is 0.349 e. The number of benzene rings is 1. The molecule has 1 heterocycles. The van der Waals surface area contributed by atoms with E-state index in [4.69, 9.17) is 0 Å². The molecule has 102 valence electrons. The predicted octanol–water partition coefficient (Wildman–Crippen LogP) is 3.11. The van der Waals surface area contributed by atoms with Gasteiger partial charge in [0.05, 0.1) is 16.8 Å². The summed E-state index contributed by atoms with van der Waals surface area (Å²) in [6, 6.07) is 7.37. The number of nitrogens with one attached hydrogen (secondary N) is 1. The first-order valence-corrected chi connectivity index (χ1v) is 6.38. The first-order valence-electron chi connectivity index (χ1n) is 5.57. The number of carbonyl (C=O) groups is 1. The van der Waals surface area contributed by atoms with Gasteiger partial charge in [0, 0.05) is 0 Å². The van der Waals surface area contributed by atoms with Crippen LogP contribution in [0.15, 0.2) is 24.3 Å². The average molecular weight is 288 g/mol. The number of hydrogen-bond acceptors (Lipinski definition) is 3. The molecule has 1 N–H and O–H groups in total. The molecule has 3 nitrogen and oxygen atoms in total. The van der Waals surface area contributed by atoms with E-state index in [0.29, 0.717) is 5.01 Å². The Morgan fingerprint density at radius 3 is 2.74 bits per heavy atom. The Balaban J connectivity index is 2.01. The molecule has 1 aromatic carbocycles. The van der Waals surface area contributed by atoms with Crippen molar-refractivity contribution in [2.45, 2.75) is 19.6 Å². The largest absolute Gasteiger partial charge is 0.400 e. The molecule has 2 aromatic rings. The van der Waals surface area contributed by atoms with Gasteiger partial charge in [-0.2, -0.15) is 13.2 Å². The lowest BCUT2D eigenvalue weighted by molar-refractivity contribution is -0.178. The van der Waals surface area contributed by atoms with Crippen LogP contribution in [0.5, 0.6) is 0 Å². The van der Waals surface area contributed by atoms with Crippen LogP contribution in [0.4, 0.5) is 13.2 Å². The SMILES string of the molecule is C[C@@H](C(=O)NCc1nc2ccccc2s1)C(F)(F)F. The van der Waals surface area contributed by atoms with Gasteiger partial charge in [-0.3, -0.25) is 4.79 Å². The van der Waals surface area contributed by atoms with Gasteiger partial charge in [0.2, 0.25) is 5.91 Å². The van der Waals surface area contributed by atoms with E-state index in [1.165, 1.54) is 11.3 Å². The van der Waals surface area contributed by atoms with Gasteiger partial charge in [-0.05, 0) is 19.1 Å². The Hall–Kier alpha value is -1.63. The van der Waals surface area contributed by atoms with Gasteiger partial charge in [0.15, 0.2) is 0 Å². The topological polar surface area (TPSA) is 42.0 Å². The number of rotatable bonds is 3. The van der Waals surface area contributed by atoms with Crippen molar-refractivity contribution in [3.05, 3.63) is 29.3 Å². The van der Waals surface area contributed by atoms with Crippen LogP contribution in [0.3, 0.4) is 0 Å². The van der Waals surface area contributed by atoms with Gasteiger partial charge in [-0.15, -0.1) is 11.3 Å². The minimum Gasteiger partial charge on any atom is -0.349 e. The second-order valence-corrected chi connectivity index (χ2v) is 5.17. The van der Waals surface area contributed by atoms with Crippen molar-refractivity contribution in [2.24, 2.45) is 5.92 Å². The quantitative estimate of drug-likeness (QED) is 0.943. The van der Waals surface area contributed by atoms with Gasteiger partial charge in [-0.25, -0.2) is 4.98 Å². The number of fused-ring (bicyclic) bond motifs is 1. The lowest BCUT2D eigenvalue weighted by atomic mass is 10.1. The van der Waals surface area contributed by atoms with Crippen molar-refractivity contribution in [1.82, 2.24) is 10.3 Å². The third-order valence-electron chi connectivity index (χ3n) is 2.64. The van der Waals surface area contributed by atoms with Gasteiger partial charge < -0.3 is 5.32 Å². The molecule has 1 amide bonds. The number of para-hydroxylation sites is 1. The van der Waals surface area contributed by atoms with Crippen molar-refractivity contribution < 1.29 is 18.0 Å². The molecule has 2 rings (SSSR count). The highest BCUT2D eigenvalue weighted by Gasteiger charge is 2.40. The normalized spacial score (nSPS) is 13.5. The highest BCUT2D eigenvalue weighted by Crippen LogP contribution is 2.26. The predicted molar refractivity (Wildman–Crippen MR) is 66.7 cm³/mol. The summed E-state index contributed by atoms with van der Waals surface area (Å²) >= 11 is 1.35. The Morgan fingerprint density at radius 2 is 2.11 bits per heavy atom. The molecule has 0 saturated carbocycles. The fraction of sp³-hybridized carbons (Fsp3) is 0.333. The number of alkyl halides is 3. The molecule has 19 heavy (non-hydrogen) atoms. The summed E-state index contributed by atoms with van der Waals surface area (Å²) in [4.78, 5) is 15.6. The van der Waals surface area contributed by atoms with Crippen LogP contribution in [0.1, 0.15) is 11.9 Å². The summed E-state index contributed by atoms with van der Waals surface area (Å²) in [7, 11) is 0. The number of aromatic nitrogens is 1. The van der Waals surface area contributed by atoms with Crippen molar-refractivity contribution in [3.8, 4) is 0 Å². The molecule has 0 spiro atoms. The van der Waals surface area contributed by atoms with Crippen molar-refractivity contribution in [2.75, 3.05) is 0 Å². The number of halogens is 3. The van der Waals surface area contributed by atoms with Crippen molar-refractivity contribution >= 4 is 27.5 Å². The maximum atomic E-state index is 12.3. The molecule has 0 aliphatic carbocycles. The fourth-order valence-electron chi connectivity index (χ4n) is 1.46. The molecule has 0 fully saturated rings. The standard InChI is InChI=1S/C12H11F3N2OS/c1-7(12(13,14)15)11(18)16-6-10-17-8-4-2-3-5-9(8)19-10/h2-5,7H,6H2,1H3,(H,16,18)/t7-/m0/s1. The third kappa shape index (κ3) is 3.23. The van der Waals surface area contributed by atoms with E-state index in [1.54, 1.807) is 0 Å². The molecule has 0 saturated heterocycles. The zero-order chi connectivity index (χ0) is 14.0. The van der Waals surface area contributed by atoms with E-state index in [0.717, 1.165) is 17.1 Å². The maximum absolute atomic E-state index is 12.3. The van der Waals surface area contributed by atoms with Crippen LogP contribution < -0.4 is 5.32 Å². The van der Waals surface area contributed by atoms with Crippen LogP contribution in [0, 0.1) is 5.92 Å². The second kappa shape index (κ2) is 5.16. The lowest BCUT2D eigenvalue weighted by Gasteiger charge is -2.14. The van der Waals surface area contributed by atoms with Crippen LogP contribution in [0.2, 0.25) is 0 Å². The van der Waals surface area contributed by atoms with E-state index in [1.807, 2.05) is 24.3 Å². The first-order chi connectivity index (χ1) is 8.88. The number of amides is 1. The molecule has 0 bridgehead atoms. The molecule has 0 radical (unpaired) electrons. The fourth-order valence-corrected chi connectivity index (χ4v) is 2.37. The van der Waals surface area contributed by atoms with E-state index in [2.05, 4.69) is 10.3 Å². The number of nitrogens with zero attached hydrogens (tertiary/aromatic N) is 1. The van der Waals surface area contributed by atoms with Crippen molar-refractivity contribution in [3.63, 3.8) is 0 Å². The van der Waals surface area contributed by atoms with Gasteiger partial charge in [-0.1, -0.05) is 12.1 Å². The third-order valence-corrected chi connectivity index (χ3v) is 3.67. The molecular weight excluding hydrogens is 277 g/mol. The van der Waals surface area contributed by atoms with E-state index in [9.17, 15) is 18.0 Å². The Kier molecular flexibility index (Phi) is 3.75. The Bertz CT molecular complexity index is 561. The minimum absolute atomic E-state index is 0.0125. The molecule has 0 aliphatic heterocycles. The van der Waals surface area contributed by atoms with Gasteiger partial charge in [0.25, 0.3) is 0 Å². The summed E-state index contributed by atoms with van der Waals surface area (Å²) in [6.45, 7) is 0.853. The van der Waals surface area contributed by atoms with Crippen LogP contribution >= 0.6 is 11.3 Å². The van der Waals surface area contributed by atoms with Gasteiger partial charge >= 0.3 is 6.18 Å². The lowest BCUT2D eigenvalue weighted by Crippen LogP contribution is -2.37. The molecule has 7 heteroatoms. The van der Waals surface area contributed by atoms with Gasteiger partial charge in [0.1, 0.15) is 10.9 Å². The van der Waals surface area contributed by atoms with Crippen LogP contribution in [0.25, 0.3) is 10.2 Å². The average Bonchev–Trinajstić information content (AvgIpc) is 2.76. The summed E-state index contributed by atoms with van der Waals surface area (Å²) in [5.41, 5.74) is 0.778. The number of hydrogen-bond donors (Lipinski definition) is 1. The maximum Gasteiger partial charge on any atom is 0.400 e. The zero-order valence-corrected chi connectivity index (χ0v) is 10.8. The molecule has 1 aromatic heterocycles. The number of carbonyl (C=O) groups excluding carboxylic acids is 1. The monoisotopic (exact) mass is 288 g/mol. The minimum atomic E-state index is -4.52. The first kappa shape index (κ1) is 13.8. The zero-order valence-electron chi connectivity index (χ0n) is 9.99. The summed E-state index contributed by atoms with van der Waals surface area (Å²) in [6.07, 6.45) is -4.52. The Morgan fingerprint density at radius 1 is 1.42 bits per heavy atom. The van der Waals surface area contributed by atoms with E-state index in [-0.39, 0.29) is 6.54 Å². The summed E-state index contributed by atoms with van der Waals surface area (Å²) in [5.74, 6) is -3.05. The summed E-state index contributed by atoms with van der Waals surface area (Å²) in [5, 5.41) is 2.84. The van der Waals surface area contributed by atoms with Crippen molar-refractivity contribution in [1.29, 1.82) is 0 Å².